The summed E-state index contributed by atoms with van der Waals surface area (Å²) in [5.74, 6) is 1.19. The molecular formula is C13H18BrNO2. The van der Waals surface area contributed by atoms with Gasteiger partial charge in [0.15, 0.2) is 4.67 Å². The molecule has 0 radical (unpaired) electrons. The maximum absolute atomic E-state index is 12.0. The lowest BCUT2D eigenvalue weighted by atomic mass is 9.78. The quantitative estimate of drug-likeness (QED) is 0.907. The van der Waals surface area contributed by atoms with Gasteiger partial charge in [-0.1, -0.05) is 26.7 Å². The molecule has 1 aromatic heterocycles. The van der Waals surface area contributed by atoms with E-state index in [9.17, 15) is 4.79 Å². The summed E-state index contributed by atoms with van der Waals surface area (Å²) in [5, 5.41) is 3.11. The van der Waals surface area contributed by atoms with Crippen molar-refractivity contribution in [3.05, 3.63) is 22.6 Å². The molecule has 1 N–H and O–H groups in total. The van der Waals surface area contributed by atoms with E-state index in [1.54, 1.807) is 6.07 Å². The van der Waals surface area contributed by atoms with Crippen molar-refractivity contribution in [1.82, 2.24) is 5.32 Å². The number of halogens is 1. The molecule has 0 aromatic carbocycles. The van der Waals surface area contributed by atoms with Gasteiger partial charge in [0, 0.05) is 12.1 Å². The maximum atomic E-state index is 12.0. The Morgan fingerprint density at radius 3 is 2.88 bits per heavy atom. The Hall–Kier alpha value is -0.770. The van der Waals surface area contributed by atoms with Gasteiger partial charge < -0.3 is 9.73 Å². The van der Waals surface area contributed by atoms with Crippen molar-refractivity contribution in [2.45, 2.75) is 39.2 Å². The van der Waals surface area contributed by atoms with Gasteiger partial charge in [-0.05, 0) is 34.2 Å². The van der Waals surface area contributed by atoms with Crippen LogP contribution >= 0.6 is 15.9 Å². The minimum absolute atomic E-state index is 0.0367. The number of hydrogen-bond acceptors (Lipinski definition) is 2. The number of nitrogens with one attached hydrogen (secondary N) is 1. The maximum Gasteiger partial charge on any atom is 0.254 e. The minimum Gasteiger partial charge on any atom is -0.457 e. The van der Waals surface area contributed by atoms with E-state index in [2.05, 4.69) is 35.1 Å². The Kier molecular flexibility index (Phi) is 3.92. The van der Waals surface area contributed by atoms with E-state index in [4.69, 9.17) is 4.42 Å². The zero-order valence-corrected chi connectivity index (χ0v) is 11.8. The van der Waals surface area contributed by atoms with Crippen LogP contribution in [0.1, 0.15) is 43.5 Å². The molecule has 1 saturated carbocycles. The number of amides is 1. The fraction of sp³-hybridized carbons (Fsp3) is 0.615. The van der Waals surface area contributed by atoms with Crippen molar-refractivity contribution >= 4 is 21.8 Å². The van der Waals surface area contributed by atoms with Crippen molar-refractivity contribution in [2.75, 3.05) is 0 Å². The molecule has 0 aliphatic heterocycles. The number of carbonyl (C=O) groups excluding carboxylic acids is 1. The third kappa shape index (κ3) is 2.92. The number of hydrogen-bond donors (Lipinski definition) is 1. The zero-order valence-electron chi connectivity index (χ0n) is 10.2. The summed E-state index contributed by atoms with van der Waals surface area (Å²) in [5.41, 5.74) is 0.585. The molecule has 0 bridgehead atoms. The average molecular weight is 300 g/mol. The topological polar surface area (TPSA) is 42.2 Å². The van der Waals surface area contributed by atoms with E-state index >= 15 is 0 Å². The standard InChI is InChI=1S/C13H18BrNO2/c1-8-4-3-5-11(9(8)2)15-13(16)10-6-12(14)17-7-10/h6-9,11H,3-5H2,1-2H3,(H,15,16). The first-order valence-electron chi connectivity index (χ1n) is 6.13. The number of rotatable bonds is 2. The summed E-state index contributed by atoms with van der Waals surface area (Å²) in [6, 6.07) is 1.99. The lowest BCUT2D eigenvalue weighted by molar-refractivity contribution is 0.0890. The molecule has 3 unspecified atom stereocenters. The SMILES string of the molecule is CC1CCCC(NC(=O)c2coc(Br)c2)C1C. The fourth-order valence-electron chi connectivity index (χ4n) is 2.47. The predicted molar refractivity (Wildman–Crippen MR) is 69.8 cm³/mol. The summed E-state index contributed by atoms with van der Waals surface area (Å²) in [7, 11) is 0. The first-order chi connectivity index (χ1) is 8.08. The second kappa shape index (κ2) is 5.25. The largest absolute Gasteiger partial charge is 0.457 e. The molecule has 4 heteroatoms. The smallest absolute Gasteiger partial charge is 0.254 e. The van der Waals surface area contributed by atoms with Crippen LogP contribution < -0.4 is 5.32 Å². The highest BCUT2D eigenvalue weighted by atomic mass is 79.9. The van der Waals surface area contributed by atoms with Crippen LogP contribution in [0.15, 0.2) is 21.4 Å². The molecule has 2 rings (SSSR count). The minimum atomic E-state index is -0.0367. The van der Waals surface area contributed by atoms with Gasteiger partial charge >= 0.3 is 0 Å². The van der Waals surface area contributed by atoms with E-state index in [0.29, 0.717) is 28.1 Å². The summed E-state index contributed by atoms with van der Waals surface area (Å²) in [6.45, 7) is 4.48. The van der Waals surface area contributed by atoms with Crippen LogP contribution in [0, 0.1) is 11.8 Å². The zero-order chi connectivity index (χ0) is 12.4. The first kappa shape index (κ1) is 12.7. The van der Waals surface area contributed by atoms with Crippen molar-refractivity contribution in [3.63, 3.8) is 0 Å². The summed E-state index contributed by atoms with van der Waals surface area (Å²) < 4.78 is 5.67. The van der Waals surface area contributed by atoms with Crippen LogP contribution in [-0.4, -0.2) is 11.9 Å². The Bertz CT molecular complexity index is 402. The van der Waals surface area contributed by atoms with Crippen LogP contribution in [0.25, 0.3) is 0 Å². The summed E-state index contributed by atoms with van der Waals surface area (Å²) >= 11 is 3.20. The van der Waals surface area contributed by atoms with Crippen LogP contribution in [-0.2, 0) is 0 Å². The molecular weight excluding hydrogens is 282 g/mol. The lowest BCUT2D eigenvalue weighted by Crippen LogP contribution is -2.43. The van der Waals surface area contributed by atoms with Gasteiger partial charge in [-0.15, -0.1) is 0 Å². The van der Waals surface area contributed by atoms with E-state index < -0.39 is 0 Å². The molecule has 3 nitrogen and oxygen atoms in total. The van der Waals surface area contributed by atoms with Crippen molar-refractivity contribution < 1.29 is 9.21 Å². The number of furan rings is 1. The monoisotopic (exact) mass is 299 g/mol. The predicted octanol–water partition coefficient (Wildman–Crippen LogP) is 3.60. The molecule has 1 amide bonds. The molecule has 1 aliphatic rings. The van der Waals surface area contributed by atoms with E-state index in [1.165, 1.54) is 19.1 Å². The van der Waals surface area contributed by atoms with Gasteiger partial charge in [0.05, 0.1) is 5.56 Å². The van der Waals surface area contributed by atoms with Crippen molar-refractivity contribution in [3.8, 4) is 0 Å². The van der Waals surface area contributed by atoms with Crippen LogP contribution in [0.2, 0.25) is 0 Å². The summed E-state index contributed by atoms with van der Waals surface area (Å²) in [4.78, 5) is 12.0. The van der Waals surface area contributed by atoms with Gasteiger partial charge in [-0.25, -0.2) is 0 Å². The molecule has 3 atom stereocenters. The second-order valence-electron chi connectivity index (χ2n) is 4.99. The number of carbonyl (C=O) groups is 1. The van der Waals surface area contributed by atoms with E-state index in [0.717, 1.165) is 6.42 Å². The third-order valence-electron chi connectivity index (χ3n) is 3.85. The van der Waals surface area contributed by atoms with E-state index in [-0.39, 0.29) is 5.91 Å². The molecule has 1 aliphatic carbocycles. The summed E-state index contributed by atoms with van der Waals surface area (Å²) in [6.07, 6.45) is 5.03. The molecule has 94 valence electrons. The van der Waals surface area contributed by atoms with Gasteiger partial charge in [0.2, 0.25) is 0 Å². The Morgan fingerprint density at radius 2 is 2.24 bits per heavy atom. The van der Waals surface area contributed by atoms with Crippen molar-refractivity contribution in [2.24, 2.45) is 11.8 Å². The highest BCUT2D eigenvalue weighted by Gasteiger charge is 2.28. The van der Waals surface area contributed by atoms with Crippen LogP contribution in [0.3, 0.4) is 0 Å². The molecule has 17 heavy (non-hydrogen) atoms. The second-order valence-corrected chi connectivity index (χ2v) is 5.77. The molecule has 0 saturated heterocycles. The fourth-order valence-corrected chi connectivity index (χ4v) is 2.81. The highest BCUT2D eigenvalue weighted by Crippen LogP contribution is 2.29. The Morgan fingerprint density at radius 1 is 1.47 bits per heavy atom. The van der Waals surface area contributed by atoms with E-state index in [1.807, 2.05) is 0 Å². The van der Waals surface area contributed by atoms with Gasteiger partial charge in [-0.3, -0.25) is 4.79 Å². The molecule has 1 heterocycles. The average Bonchev–Trinajstić information content (AvgIpc) is 2.72. The highest BCUT2D eigenvalue weighted by molar-refractivity contribution is 9.10. The lowest BCUT2D eigenvalue weighted by Gasteiger charge is -2.34. The van der Waals surface area contributed by atoms with Gasteiger partial charge in [-0.2, -0.15) is 0 Å². The van der Waals surface area contributed by atoms with Crippen molar-refractivity contribution in [1.29, 1.82) is 0 Å². The van der Waals surface area contributed by atoms with Gasteiger partial charge in [0.25, 0.3) is 5.91 Å². The molecule has 0 spiro atoms. The molecule has 1 fully saturated rings. The molecule has 1 aromatic rings. The van der Waals surface area contributed by atoms with Gasteiger partial charge in [0.1, 0.15) is 6.26 Å². The Labute approximate surface area is 110 Å². The normalized spacial score (nSPS) is 29.0. The third-order valence-corrected chi connectivity index (χ3v) is 4.27. The van der Waals surface area contributed by atoms with Crippen LogP contribution in [0.4, 0.5) is 0 Å². The first-order valence-corrected chi connectivity index (χ1v) is 6.92. The Balaban J connectivity index is 1.98. The van der Waals surface area contributed by atoms with Crippen LogP contribution in [0.5, 0.6) is 0 Å².